The monoisotopic (exact) mass is 390 g/mol. The van der Waals surface area contributed by atoms with Gasteiger partial charge in [-0.3, -0.25) is 9.59 Å². The zero-order chi connectivity index (χ0) is 19.2. The zero-order valence-electron chi connectivity index (χ0n) is 14.6. The van der Waals surface area contributed by atoms with Crippen molar-refractivity contribution >= 4 is 29.3 Å². The molecular weight excluding hydrogens is 370 g/mol. The number of para-hydroxylation sites is 1. The molecule has 2 aromatic rings. The molecule has 1 aliphatic rings. The smallest absolute Gasteiger partial charge is 0.288 e. The van der Waals surface area contributed by atoms with Crippen molar-refractivity contribution in [2.45, 2.75) is 42.4 Å². The number of alkyl halides is 2. The lowest BCUT2D eigenvalue weighted by molar-refractivity contribution is 0.0938. The van der Waals surface area contributed by atoms with Crippen LogP contribution in [0.15, 0.2) is 53.4 Å². The van der Waals surface area contributed by atoms with Crippen LogP contribution in [-0.4, -0.2) is 23.6 Å². The van der Waals surface area contributed by atoms with Crippen LogP contribution in [-0.2, 0) is 0 Å². The highest BCUT2D eigenvalue weighted by Crippen LogP contribution is 2.25. The lowest BCUT2D eigenvalue weighted by Crippen LogP contribution is -2.33. The molecule has 142 valence electrons. The van der Waals surface area contributed by atoms with E-state index in [1.807, 2.05) is 0 Å². The maximum absolute atomic E-state index is 12.6. The molecule has 1 fully saturated rings. The molecular formula is C20H20F2N2O2S. The number of thioether (sulfide) groups is 1. The fourth-order valence-corrected chi connectivity index (χ4v) is 3.60. The van der Waals surface area contributed by atoms with Crippen LogP contribution in [0.2, 0.25) is 0 Å². The van der Waals surface area contributed by atoms with Crippen molar-refractivity contribution in [1.82, 2.24) is 5.32 Å². The number of carbonyl (C=O) groups is 2. The first kappa shape index (κ1) is 19.4. The molecule has 1 saturated carbocycles. The Morgan fingerprint density at radius 1 is 0.963 bits per heavy atom. The number of hydrogen-bond donors (Lipinski definition) is 2. The molecule has 27 heavy (non-hydrogen) atoms. The molecule has 4 nitrogen and oxygen atoms in total. The summed E-state index contributed by atoms with van der Waals surface area (Å²) in [6.45, 7) is 0. The predicted octanol–water partition coefficient (Wildman–Crippen LogP) is 4.93. The first-order valence-corrected chi connectivity index (χ1v) is 9.67. The Labute approximate surface area is 160 Å². The Morgan fingerprint density at radius 3 is 2.30 bits per heavy atom. The molecule has 7 heteroatoms. The van der Waals surface area contributed by atoms with Crippen LogP contribution in [0.5, 0.6) is 0 Å². The van der Waals surface area contributed by atoms with E-state index in [0.29, 0.717) is 33.5 Å². The molecule has 2 aromatic carbocycles. The highest BCUT2D eigenvalue weighted by molar-refractivity contribution is 7.99. The molecule has 0 bridgehead atoms. The van der Waals surface area contributed by atoms with Gasteiger partial charge in [0, 0.05) is 16.5 Å². The topological polar surface area (TPSA) is 58.2 Å². The van der Waals surface area contributed by atoms with E-state index in [2.05, 4.69) is 10.6 Å². The first-order chi connectivity index (χ1) is 13.0. The number of rotatable bonds is 6. The minimum Gasteiger partial charge on any atom is -0.349 e. The van der Waals surface area contributed by atoms with Crippen molar-refractivity contribution in [1.29, 1.82) is 0 Å². The van der Waals surface area contributed by atoms with Gasteiger partial charge in [-0.1, -0.05) is 36.7 Å². The third-order valence-corrected chi connectivity index (χ3v) is 5.17. The normalized spacial score (nSPS) is 14.3. The summed E-state index contributed by atoms with van der Waals surface area (Å²) >= 11 is 0.426. The fourth-order valence-electron chi connectivity index (χ4n) is 3.11. The van der Waals surface area contributed by atoms with Gasteiger partial charge < -0.3 is 10.6 Å². The van der Waals surface area contributed by atoms with E-state index < -0.39 is 11.7 Å². The zero-order valence-corrected chi connectivity index (χ0v) is 15.4. The van der Waals surface area contributed by atoms with E-state index in [-0.39, 0.29) is 11.9 Å². The third kappa shape index (κ3) is 5.29. The number of benzene rings is 2. The molecule has 0 saturated heterocycles. The van der Waals surface area contributed by atoms with Crippen LogP contribution in [0.25, 0.3) is 0 Å². The highest BCUT2D eigenvalue weighted by atomic mass is 32.2. The molecule has 1 aliphatic carbocycles. The maximum Gasteiger partial charge on any atom is 0.288 e. The number of anilines is 1. The number of carbonyl (C=O) groups excluding carboxylic acids is 2. The van der Waals surface area contributed by atoms with Crippen molar-refractivity contribution in [3.8, 4) is 0 Å². The molecule has 2 amide bonds. The van der Waals surface area contributed by atoms with E-state index in [0.717, 1.165) is 25.7 Å². The molecule has 0 aromatic heterocycles. The highest BCUT2D eigenvalue weighted by Gasteiger charge is 2.20. The average Bonchev–Trinajstić information content (AvgIpc) is 3.15. The molecule has 0 atom stereocenters. The van der Waals surface area contributed by atoms with Crippen LogP contribution in [0, 0.1) is 0 Å². The maximum atomic E-state index is 12.6. The first-order valence-electron chi connectivity index (χ1n) is 8.79. The minimum absolute atomic E-state index is 0.182. The Hall–Kier alpha value is -2.41. The van der Waals surface area contributed by atoms with Crippen molar-refractivity contribution in [3.05, 3.63) is 59.7 Å². The van der Waals surface area contributed by atoms with Gasteiger partial charge >= 0.3 is 0 Å². The lowest BCUT2D eigenvalue weighted by atomic mass is 10.1. The number of amides is 2. The Bertz CT molecular complexity index is 806. The van der Waals surface area contributed by atoms with Gasteiger partial charge in [-0.05, 0) is 49.2 Å². The van der Waals surface area contributed by atoms with Gasteiger partial charge in [-0.15, -0.1) is 0 Å². The lowest BCUT2D eigenvalue weighted by Gasteiger charge is -2.15. The summed E-state index contributed by atoms with van der Waals surface area (Å²) in [5.41, 5.74) is 1.16. The van der Waals surface area contributed by atoms with Gasteiger partial charge in [0.15, 0.2) is 0 Å². The second kappa shape index (κ2) is 8.99. The van der Waals surface area contributed by atoms with E-state index in [1.165, 1.54) is 24.3 Å². The van der Waals surface area contributed by atoms with Gasteiger partial charge in [-0.25, -0.2) is 0 Å². The molecule has 3 rings (SSSR count). The van der Waals surface area contributed by atoms with E-state index >= 15 is 0 Å². The molecule has 0 spiro atoms. The summed E-state index contributed by atoms with van der Waals surface area (Å²) < 4.78 is 24.8. The average molecular weight is 390 g/mol. The standard InChI is InChI=1S/C20H20F2N2O2S/c21-20(22)27-15-11-9-13(10-12-15)18(25)24-17-8-4-3-7-16(17)19(26)23-14-5-1-2-6-14/h3-4,7-12,14,20H,1-2,5-6H2,(H,23,26)(H,24,25). The Kier molecular flexibility index (Phi) is 6.45. The Morgan fingerprint density at radius 2 is 1.63 bits per heavy atom. The van der Waals surface area contributed by atoms with E-state index in [4.69, 9.17) is 0 Å². The largest absolute Gasteiger partial charge is 0.349 e. The van der Waals surface area contributed by atoms with Crippen LogP contribution >= 0.6 is 11.8 Å². The van der Waals surface area contributed by atoms with Gasteiger partial charge in [-0.2, -0.15) is 8.78 Å². The van der Waals surface area contributed by atoms with Crippen LogP contribution < -0.4 is 10.6 Å². The third-order valence-electron chi connectivity index (χ3n) is 4.45. The quantitative estimate of drug-likeness (QED) is 0.688. The van der Waals surface area contributed by atoms with E-state index in [9.17, 15) is 18.4 Å². The molecule has 0 unspecified atom stereocenters. The SMILES string of the molecule is O=C(Nc1ccccc1C(=O)NC1CCCC1)c1ccc(SC(F)F)cc1. The number of nitrogens with one attached hydrogen (secondary N) is 2. The van der Waals surface area contributed by atoms with Gasteiger partial charge in [0.1, 0.15) is 0 Å². The molecule has 2 N–H and O–H groups in total. The molecule has 0 radical (unpaired) electrons. The van der Waals surface area contributed by atoms with E-state index in [1.54, 1.807) is 24.3 Å². The van der Waals surface area contributed by atoms with Crippen LogP contribution in [0.1, 0.15) is 46.4 Å². The van der Waals surface area contributed by atoms with Gasteiger partial charge in [0.25, 0.3) is 17.6 Å². The van der Waals surface area contributed by atoms with Gasteiger partial charge in [0.05, 0.1) is 11.3 Å². The van der Waals surface area contributed by atoms with Crippen molar-refractivity contribution < 1.29 is 18.4 Å². The minimum atomic E-state index is -2.50. The van der Waals surface area contributed by atoms with Crippen LogP contribution in [0.4, 0.5) is 14.5 Å². The van der Waals surface area contributed by atoms with Crippen molar-refractivity contribution in [2.24, 2.45) is 0 Å². The second-order valence-electron chi connectivity index (χ2n) is 6.36. The fraction of sp³-hybridized carbons (Fsp3) is 0.300. The summed E-state index contributed by atoms with van der Waals surface area (Å²) in [7, 11) is 0. The Balaban J connectivity index is 1.69. The number of halogens is 2. The summed E-state index contributed by atoms with van der Waals surface area (Å²) in [6, 6.07) is 12.9. The summed E-state index contributed by atoms with van der Waals surface area (Å²) in [4.78, 5) is 25.4. The van der Waals surface area contributed by atoms with Crippen LogP contribution in [0.3, 0.4) is 0 Å². The van der Waals surface area contributed by atoms with Crippen molar-refractivity contribution in [3.63, 3.8) is 0 Å². The van der Waals surface area contributed by atoms with Gasteiger partial charge in [0.2, 0.25) is 0 Å². The molecule has 0 aliphatic heterocycles. The number of hydrogen-bond acceptors (Lipinski definition) is 3. The summed E-state index contributed by atoms with van der Waals surface area (Å²) in [5, 5.41) is 5.75. The second-order valence-corrected chi connectivity index (χ2v) is 7.42. The summed E-state index contributed by atoms with van der Waals surface area (Å²) in [6.07, 6.45) is 4.18. The van der Waals surface area contributed by atoms with Crippen molar-refractivity contribution in [2.75, 3.05) is 5.32 Å². The molecule has 0 heterocycles. The summed E-state index contributed by atoms with van der Waals surface area (Å²) in [5.74, 6) is -3.11. The predicted molar refractivity (Wildman–Crippen MR) is 102 cm³/mol.